The van der Waals surface area contributed by atoms with Gasteiger partial charge in [0, 0.05) is 22.3 Å². The molecule has 6 heteroatoms. The van der Waals surface area contributed by atoms with Gasteiger partial charge in [0.1, 0.15) is 5.69 Å². The molecule has 0 aliphatic heterocycles. The molecule has 0 heterocycles. The monoisotopic (exact) mass is 350 g/mol. The van der Waals surface area contributed by atoms with Gasteiger partial charge in [-0.15, -0.1) is 0 Å². The molecular weight excluding hydrogens is 335 g/mol. The fourth-order valence-electron chi connectivity index (χ4n) is 1.32. The molecule has 2 atom stereocenters. The standard InChI is InChI=1S/C11H15IN2O3/c1-7(6-15)8(2)13-10-4-3-9(12)5-11(10)14(16)17/h3-5,7-8,13,15H,6H2,1-2H3. The van der Waals surface area contributed by atoms with Gasteiger partial charge < -0.3 is 10.4 Å². The summed E-state index contributed by atoms with van der Waals surface area (Å²) in [4.78, 5) is 10.5. The summed E-state index contributed by atoms with van der Waals surface area (Å²) in [5.74, 6) is 0.0360. The Morgan fingerprint density at radius 3 is 2.71 bits per heavy atom. The van der Waals surface area contributed by atoms with Gasteiger partial charge in [0.15, 0.2) is 0 Å². The number of halogens is 1. The maximum Gasteiger partial charge on any atom is 0.293 e. The molecule has 1 aromatic rings. The first-order valence-electron chi connectivity index (χ1n) is 5.27. The minimum atomic E-state index is -0.402. The molecule has 1 rings (SSSR count). The van der Waals surface area contributed by atoms with Crippen LogP contribution in [0, 0.1) is 19.6 Å². The number of hydrogen-bond donors (Lipinski definition) is 2. The van der Waals surface area contributed by atoms with Crippen molar-refractivity contribution in [3.63, 3.8) is 0 Å². The summed E-state index contributed by atoms with van der Waals surface area (Å²) in [6.45, 7) is 3.82. The lowest BCUT2D eigenvalue weighted by atomic mass is 10.0. The van der Waals surface area contributed by atoms with E-state index in [4.69, 9.17) is 5.11 Å². The molecule has 0 saturated carbocycles. The van der Waals surface area contributed by atoms with Gasteiger partial charge in [0.2, 0.25) is 0 Å². The lowest BCUT2D eigenvalue weighted by molar-refractivity contribution is -0.384. The highest BCUT2D eigenvalue weighted by molar-refractivity contribution is 14.1. The van der Waals surface area contributed by atoms with Crippen LogP contribution in [0.1, 0.15) is 13.8 Å². The lowest BCUT2D eigenvalue weighted by Crippen LogP contribution is -2.26. The number of nitro benzene ring substituents is 1. The summed E-state index contributed by atoms with van der Waals surface area (Å²) < 4.78 is 0.822. The molecule has 0 aliphatic rings. The third-order valence-corrected chi connectivity index (χ3v) is 3.35. The molecule has 1 aromatic carbocycles. The van der Waals surface area contributed by atoms with Crippen molar-refractivity contribution in [3.8, 4) is 0 Å². The summed E-state index contributed by atoms with van der Waals surface area (Å²) in [5.41, 5.74) is 0.553. The molecule has 0 radical (unpaired) electrons. The Kier molecular flexibility index (Phi) is 5.13. The van der Waals surface area contributed by atoms with E-state index in [1.165, 1.54) is 6.07 Å². The molecular formula is C11H15IN2O3. The van der Waals surface area contributed by atoms with Crippen LogP contribution >= 0.6 is 22.6 Å². The Hall–Kier alpha value is -0.890. The van der Waals surface area contributed by atoms with Crippen molar-refractivity contribution in [2.45, 2.75) is 19.9 Å². The smallest absolute Gasteiger partial charge is 0.293 e. The first kappa shape index (κ1) is 14.2. The Labute approximate surface area is 114 Å². The first-order valence-corrected chi connectivity index (χ1v) is 6.35. The van der Waals surface area contributed by atoms with E-state index in [1.807, 2.05) is 42.5 Å². The number of hydrogen-bond acceptors (Lipinski definition) is 4. The number of nitrogens with zero attached hydrogens (tertiary/aromatic N) is 1. The van der Waals surface area contributed by atoms with Crippen LogP contribution in [0.15, 0.2) is 18.2 Å². The number of aliphatic hydroxyl groups is 1. The Morgan fingerprint density at radius 2 is 2.18 bits per heavy atom. The van der Waals surface area contributed by atoms with Crippen molar-refractivity contribution < 1.29 is 10.0 Å². The summed E-state index contributed by atoms with van der Waals surface area (Å²) in [6, 6.07) is 5.00. The summed E-state index contributed by atoms with van der Waals surface area (Å²) in [5, 5.41) is 23.0. The zero-order valence-corrected chi connectivity index (χ0v) is 11.8. The van der Waals surface area contributed by atoms with Gasteiger partial charge in [-0.3, -0.25) is 10.1 Å². The molecule has 0 aromatic heterocycles. The molecule has 94 valence electrons. The largest absolute Gasteiger partial charge is 0.396 e. The summed E-state index contributed by atoms with van der Waals surface area (Å²) in [7, 11) is 0. The third kappa shape index (κ3) is 3.81. The van der Waals surface area contributed by atoms with Crippen molar-refractivity contribution >= 4 is 34.0 Å². The van der Waals surface area contributed by atoms with Gasteiger partial charge in [-0.25, -0.2) is 0 Å². The Bertz CT molecular complexity index is 412. The molecule has 0 fully saturated rings. The molecule has 0 aliphatic carbocycles. The Morgan fingerprint density at radius 1 is 1.53 bits per heavy atom. The minimum absolute atomic E-state index is 0.0289. The quantitative estimate of drug-likeness (QED) is 0.486. The second kappa shape index (κ2) is 6.15. The van der Waals surface area contributed by atoms with Gasteiger partial charge in [-0.1, -0.05) is 6.92 Å². The van der Waals surface area contributed by atoms with Crippen LogP contribution in [0.25, 0.3) is 0 Å². The number of nitro groups is 1. The summed E-state index contributed by atoms with van der Waals surface area (Å²) >= 11 is 2.04. The molecule has 2 unspecified atom stereocenters. The van der Waals surface area contributed by atoms with Crippen LogP contribution in [-0.2, 0) is 0 Å². The second-order valence-corrected chi connectivity index (χ2v) is 5.26. The van der Waals surface area contributed by atoms with Crippen LogP contribution in [0.3, 0.4) is 0 Å². The van der Waals surface area contributed by atoms with E-state index in [9.17, 15) is 10.1 Å². The average Bonchev–Trinajstić information content (AvgIpc) is 2.29. The van der Waals surface area contributed by atoms with E-state index in [2.05, 4.69) is 5.32 Å². The molecule has 5 nitrogen and oxygen atoms in total. The Balaban J connectivity index is 2.94. The number of nitrogens with one attached hydrogen (secondary N) is 1. The fourth-order valence-corrected chi connectivity index (χ4v) is 1.80. The minimum Gasteiger partial charge on any atom is -0.396 e. The van der Waals surface area contributed by atoms with Crippen molar-refractivity contribution in [3.05, 3.63) is 31.9 Å². The van der Waals surface area contributed by atoms with Crippen LogP contribution in [0.2, 0.25) is 0 Å². The highest BCUT2D eigenvalue weighted by Gasteiger charge is 2.18. The van der Waals surface area contributed by atoms with Crippen LogP contribution < -0.4 is 5.32 Å². The van der Waals surface area contributed by atoms with E-state index in [1.54, 1.807) is 6.07 Å². The van der Waals surface area contributed by atoms with Crippen LogP contribution in [0.4, 0.5) is 11.4 Å². The summed E-state index contributed by atoms with van der Waals surface area (Å²) in [6.07, 6.45) is 0. The van der Waals surface area contributed by atoms with Gasteiger partial charge in [0.25, 0.3) is 5.69 Å². The van der Waals surface area contributed by atoms with E-state index in [-0.39, 0.29) is 24.3 Å². The zero-order chi connectivity index (χ0) is 13.0. The SMILES string of the molecule is CC(CO)C(C)Nc1ccc(I)cc1[N+](=O)[O-]. The molecule has 0 amide bonds. The van der Waals surface area contributed by atoms with Crippen molar-refractivity contribution in [2.75, 3.05) is 11.9 Å². The number of benzene rings is 1. The van der Waals surface area contributed by atoms with Crippen molar-refractivity contribution in [1.82, 2.24) is 0 Å². The number of anilines is 1. The normalized spacial score (nSPS) is 14.1. The van der Waals surface area contributed by atoms with Crippen molar-refractivity contribution in [2.24, 2.45) is 5.92 Å². The number of aliphatic hydroxyl groups excluding tert-OH is 1. The first-order chi connectivity index (χ1) is 7.95. The fraction of sp³-hybridized carbons (Fsp3) is 0.455. The third-order valence-electron chi connectivity index (χ3n) is 2.68. The van der Waals surface area contributed by atoms with E-state index in [0.29, 0.717) is 5.69 Å². The van der Waals surface area contributed by atoms with Gasteiger partial charge in [0.05, 0.1) is 4.92 Å². The average molecular weight is 350 g/mol. The van der Waals surface area contributed by atoms with E-state index in [0.717, 1.165) is 3.57 Å². The molecule has 17 heavy (non-hydrogen) atoms. The van der Waals surface area contributed by atoms with Gasteiger partial charge >= 0.3 is 0 Å². The molecule has 0 spiro atoms. The van der Waals surface area contributed by atoms with E-state index >= 15 is 0 Å². The molecule has 0 saturated heterocycles. The predicted molar refractivity (Wildman–Crippen MR) is 75.1 cm³/mol. The van der Waals surface area contributed by atoms with Crippen LogP contribution in [-0.4, -0.2) is 22.7 Å². The van der Waals surface area contributed by atoms with Crippen molar-refractivity contribution in [1.29, 1.82) is 0 Å². The maximum atomic E-state index is 10.9. The second-order valence-electron chi connectivity index (χ2n) is 4.01. The lowest BCUT2D eigenvalue weighted by Gasteiger charge is -2.20. The van der Waals surface area contributed by atoms with Crippen LogP contribution in [0.5, 0.6) is 0 Å². The highest BCUT2D eigenvalue weighted by Crippen LogP contribution is 2.27. The van der Waals surface area contributed by atoms with E-state index < -0.39 is 4.92 Å². The molecule has 2 N–H and O–H groups in total. The maximum absolute atomic E-state index is 10.9. The topological polar surface area (TPSA) is 75.4 Å². The predicted octanol–water partition coefficient (Wildman–Crippen LogP) is 2.63. The highest BCUT2D eigenvalue weighted by atomic mass is 127. The van der Waals surface area contributed by atoms with Gasteiger partial charge in [-0.2, -0.15) is 0 Å². The van der Waals surface area contributed by atoms with Gasteiger partial charge in [-0.05, 0) is 47.6 Å². The zero-order valence-electron chi connectivity index (χ0n) is 9.68. The molecule has 0 bridgehead atoms. The number of rotatable bonds is 5.